The zero-order valence-corrected chi connectivity index (χ0v) is 24.4. The van der Waals surface area contributed by atoms with E-state index < -0.39 is 16.5 Å². The van der Waals surface area contributed by atoms with Crippen molar-refractivity contribution in [2.45, 2.75) is 54.4 Å². The van der Waals surface area contributed by atoms with E-state index in [4.69, 9.17) is 9.47 Å². The van der Waals surface area contributed by atoms with Gasteiger partial charge in [0.2, 0.25) is 0 Å². The van der Waals surface area contributed by atoms with Gasteiger partial charge in [-0.25, -0.2) is 0 Å². The Morgan fingerprint density at radius 2 is 1.39 bits per heavy atom. The molecule has 0 saturated carbocycles. The van der Waals surface area contributed by atoms with E-state index >= 15 is 0 Å². The first-order valence-electron chi connectivity index (χ1n) is 13.2. The second-order valence-electron chi connectivity index (χ2n) is 9.96. The normalized spacial score (nSPS) is 11.0. The van der Waals surface area contributed by atoms with E-state index in [2.05, 4.69) is 72.5 Å². The summed E-state index contributed by atoms with van der Waals surface area (Å²) in [5, 5.41) is 10.8. The van der Waals surface area contributed by atoms with Gasteiger partial charge in [-0.05, 0) is 75.2 Å². The first-order valence-corrected chi connectivity index (χ1v) is 14.4. The van der Waals surface area contributed by atoms with E-state index in [1.165, 1.54) is 26.8 Å². The highest BCUT2D eigenvalue weighted by Gasteiger charge is 2.29. The summed E-state index contributed by atoms with van der Waals surface area (Å²) in [5.41, 5.74) is 1.57. The molecule has 0 saturated heterocycles. The number of hydrogen-bond donors (Lipinski definition) is 0. The maximum atomic E-state index is 12.6. The number of nitro benzene ring substituents is 1. The predicted octanol–water partition coefficient (Wildman–Crippen LogP) is 7.45. The number of hydrogen-bond acceptors (Lipinski definition) is 5. The third kappa shape index (κ3) is 8.00. The van der Waals surface area contributed by atoms with Crippen LogP contribution in [0.15, 0.2) is 112 Å². The molecule has 0 aromatic heterocycles. The van der Waals surface area contributed by atoms with Crippen LogP contribution in [0.2, 0.25) is 0 Å². The Labute approximate surface area is 243 Å². The third-order valence-electron chi connectivity index (χ3n) is 6.13. The van der Waals surface area contributed by atoms with Crippen molar-refractivity contribution < 1.29 is 19.2 Å². The van der Waals surface area contributed by atoms with Gasteiger partial charge in [-0.15, -0.1) is 0 Å². The van der Waals surface area contributed by atoms with Gasteiger partial charge in [-0.1, -0.05) is 48.2 Å². The van der Waals surface area contributed by atoms with Crippen LogP contribution in [0.3, 0.4) is 0 Å². The first kappa shape index (κ1) is 29.4. The number of benzene rings is 4. The SMILES string of the molecule is Cc1cc([S+](c2ccccc2)c2ccccc2)cc(C)c1OCCC(=O)OC(C)(C)C#Cc1ccc([N+](=O)[O-])cc1. The van der Waals surface area contributed by atoms with Crippen molar-refractivity contribution in [3.8, 4) is 17.6 Å². The molecule has 0 fully saturated rings. The lowest BCUT2D eigenvalue weighted by Gasteiger charge is -2.19. The molecule has 208 valence electrons. The maximum absolute atomic E-state index is 12.6. The van der Waals surface area contributed by atoms with E-state index in [1.807, 2.05) is 26.0 Å². The molecule has 0 aliphatic heterocycles. The highest BCUT2D eigenvalue weighted by molar-refractivity contribution is 7.97. The molecule has 0 N–H and O–H groups in total. The van der Waals surface area contributed by atoms with Crippen molar-refractivity contribution in [2.24, 2.45) is 0 Å². The van der Waals surface area contributed by atoms with Crippen LogP contribution in [0.1, 0.15) is 37.0 Å². The van der Waals surface area contributed by atoms with Gasteiger partial charge in [0, 0.05) is 29.8 Å². The predicted molar refractivity (Wildman–Crippen MR) is 161 cm³/mol. The van der Waals surface area contributed by atoms with Crippen LogP contribution < -0.4 is 4.74 Å². The molecule has 6 nitrogen and oxygen atoms in total. The molecular weight excluding hydrogens is 534 g/mol. The molecule has 7 heteroatoms. The van der Waals surface area contributed by atoms with E-state index in [-0.39, 0.29) is 29.6 Å². The van der Waals surface area contributed by atoms with Gasteiger partial charge in [0.1, 0.15) is 5.75 Å². The number of esters is 1. The summed E-state index contributed by atoms with van der Waals surface area (Å²) in [6, 6.07) is 31.2. The lowest BCUT2D eigenvalue weighted by molar-refractivity contribution is -0.384. The van der Waals surface area contributed by atoms with Crippen LogP contribution in [0.4, 0.5) is 5.69 Å². The summed E-state index contributed by atoms with van der Waals surface area (Å²) < 4.78 is 11.6. The molecule has 0 bridgehead atoms. The van der Waals surface area contributed by atoms with E-state index in [9.17, 15) is 14.9 Å². The molecule has 4 rings (SSSR count). The molecule has 0 aliphatic carbocycles. The highest BCUT2D eigenvalue weighted by Crippen LogP contribution is 2.35. The fourth-order valence-electron chi connectivity index (χ4n) is 4.26. The van der Waals surface area contributed by atoms with E-state index in [0.717, 1.165) is 16.9 Å². The van der Waals surface area contributed by atoms with Crippen molar-refractivity contribution in [3.05, 3.63) is 124 Å². The van der Waals surface area contributed by atoms with Crippen molar-refractivity contribution in [1.29, 1.82) is 0 Å². The van der Waals surface area contributed by atoms with Crippen molar-refractivity contribution in [3.63, 3.8) is 0 Å². The minimum Gasteiger partial charge on any atom is -0.492 e. The highest BCUT2D eigenvalue weighted by atomic mass is 32.2. The van der Waals surface area contributed by atoms with Crippen LogP contribution in [0.5, 0.6) is 5.75 Å². The Kier molecular flexibility index (Phi) is 9.49. The van der Waals surface area contributed by atoms with Gasteiger partial charge in [-0.2, -0.15) is 0 Å². The molecule has 4 aromatic carbocycles. The quantitative estimate of drug-likeness (QED) is 0.0691. The molecule has 0 unspecified atom stereocenters. The second kappa shape index (κ2) is 13.2. The van der Waals surface area contributed by atoms with Gasteiger partial charge < -0.3 is 9.47 Å². The number of nitrogens with zero attached hydrogens (tertiary/aromatic N) is 1. The molecule has 0 aliphatic rings. The van der Waals surface area contributed by atoms with Crippen molar-refractivity contribution >= 4 is 22.6 Å². The standard InChI is InChI=1S/C34H32NO5S/c1-25-23-31(41(29-11-7-5-8-12-29)30-13-9-6-10-14-30)24-26(2)33(25)39-22-20-32(36)40-34(3,4)21-19-27-15-17-28(18-16-27)35(37)38/h5-18,23-24H,20,22H2,1-4H3/q+1. The molecule has 0 spiro atoms. The second-order valence-corrected chi connectivity index (χ2v) is 12.0. The number of carbonyl (C=O) groups excluding carboxylic acids is 1. The number of non-ortho nitro benzene ring substituents is 1. The zero-order chi connectivity index (χ0) is 29.4. The van der Waals surface area contributed by atoms with Crippen LogP contribution in [0, 0.1) is 35.8 Å². The monoisotopic (exact) mass is 566 g/mol. The minimum atomic E-state index is -1.03. The first-order chi connectivity index (χ1) is 19.6. The van der Waals surface area contributed by atoms with Gasteiger partial charge >= 0.3 is 5.97 Å². The van der Waals surface area contributed by atoms with Crippen molar-refractivity contribution in [2.75, 3.05) is 6.61 Å². The molecule has 0 radical (unpaired) electrons. The summed E-state index contributed by atoms with van der Waals surface area (Å²) in [4.78, 5) is 26.6. The Morgan fingerprint density at radius 3 is 1.90 bits per heavy atom. The lowest BCUT2D eigenvalue weighted by atomic mass is 10.1. The smallest absolute Gasteiger partial charge is 0.310 e. The Balaban J connectivity index is 1.40. The Hall–Kier alpha value is -4.54. The molecule has 0 atom stereocenters. The molecule has 41 heavy (non-hydrogen) atoms. The largest absolute Gasteiger partial charge is 0.492 e. The van der Waals surface area contributed by atoms with Crippen LogP contribution in [0.25, 0.3) is 0 Å². The van der Waals surface area contributed by atoms with E-state index in [0.29, 0.717) is 5.56 Å². The Bertz CT molecular complexity index is 1510. The molecule has 4 aromatic rings. The topological polar surface area (TPSA) is 78.7 Å². The average molecular weight is 567 g/mol. The number of aryl methyl sites for hydroxylation is 2. The van der Waals surface area contributed by atoms with Gasteiger partial charge in [0.05, 0.1) is 28.8 Å². The number of rotatable bonds is 9. The minimum absolute atomic E-state index is 0.00558. The van der Waals surface area contributed by atoms with Crippen LogP contribution in [-0.2, 0) is 20.4 Å². The van der Waals surface area contributed by atoms with Crippen LogP contribution in [-0.4, -0.2) is 23.1 Å². The average Bonchev–Trinajstić information content (AvgIpc) is 2.95. The third-order valence-corrected chi connectivity index (χ3v) is 8.33. The fourth-order valence-corrected chi connectivity index (χ4v) is 6.53. The number of carbonyl (C=O) groups is 1. The van der Waals surface area contributed by atoms with Crippen molar-refractivity contribution in [1.82, 2.24) is 0 Å². The number of ether oxygens (including phenoxy) is 2. The summed E-state index contributed by atoms with van der Waals surface area (Å²) >= 11 is 0. The number of nitro groups is 1. The summed E-state index contributed by atoms with van der Waals surface area (Å²) in [7, 11) is -0.260. The zero-order valence-electron chi connectivity index (χ0n) is 23.5. The van der Waals surface area contributed by atoms with Gasteiger partial charge in [0.25, 0.3) is 5.69 Å². The van der Waals surface area contributed by atoms with Crippen LogP contribution >= 0.6 is 0 Å². The van der Waals surface area contributed by atoms with Gasteiger partial charge in [-0.3, -0.25) is 14.9 Å². The fraction of sp³-hybridized carbons (Fsp3) is 0.206. The molecular formula is C34H32NO5S+. The summed E-state index contributed by atoms with van der Waals surface area (Å²) in [6.07, 6.45) is 0.0711. The summed E-state index contributed by atoms with van der Waals surface area (Å²) in [5.74, 6) is 6.18. The van der Waals surface area contributed by atoms with E-state index in [1.54, 1.807) is 26.0 Å². The lowest BCUT2D eigenvalue weighted by Crippen LogP contribution is -2.27. The Morgan fingerprint density at radius 1 is 0.854 bits per heavy atom. The maximum Gasteiger partial charge on any atom is 0.310 e. The summed E-state index contributed by atoms with van der Waals surface area (Å²) in [6.45, 7) is 7.63. The van der Waals surface area contributed by atoms with Gasteiger partial charge in [0.15, 0.2) is 20.3 Å². The molecule has 0 amide bonds. The molecule has 0 heterocycles.